The first-order valence-corrected chi connectivity index (χ1v) is 4.49. The van der Waals surface area contributed by atoms with E-state index < -0.39 is 11.5 Å². The van der Waals surface area contributed by atoms with Gasteiger partial charge in [0.05, 0.1) is 5.69 Å². The number of ether oxygens (including phenoxy) is 1. The zero-order valence-electron chi connectivity index (χ0n) is 8.15. The van der Waals surface area contributed by atoms with Crippen molar-refractivity contribution in [3.63, 3.8) is 0 Å². The van der Waals surface area contributed by atoms with Crippen LogP contribution in [0.3, 0.4) is 0 Å². The minimum absolute atomic E-state index is 0.0266. The summed E-state index contributed by atoms with van der Waals surface area (Å²) in [6.45, 7) is 1.57. The quantitative estimate of drug-likeness (QED) is 0.602. The number of anilines is 1. The van der Waals surface area contributed by atoms with Crippen LogP contribution in [0.1, 0.15) is 6.92 Å². The summed E-state index contributed by atoms with van der Waals surface area (Å²) in [5.41, 5.74) is -0.548. The molecule has 0 amide bonds. The number of aliphatic carboxylic acids is 1. The van der Waals surface area contributed by atoms with Crippen molar-refractivity contribution in [2.24, 2.45) is 0 Å². The van der Waals surface area contributed by atoms with Crippen LogP contribution in [0.5, 0.6) is 11.5 Å². The first kappa shape index (κ1) is 9.64. The minimum atomic E-state index is -1.12. The standard InChI is InChI=1S/C10H11NO4/c1-10(9(13)14)5-15-8-4-6(12)2-3-7(8)11-10/h2-4,11-12H,5H2,1H3,(H,13,14). The summed E-state index contributed by atoms with van der Waals surface area (Å²) in [4.78, 5) is 11.0. The maximum absolute atomic E-state index is 11.0. The molecule has 1 heterocycles. The average Bonchev–Trinajstić information content (AvgIpc) is 2.18. The third-order valence-corrected chi connectivity index (χ3v) is 2.36. The van der Waals surface area contributed by atoms with Gasteiger partial charge in [0, 0.05) is 6.07 Å². The second kappa shape index (κ2) is 3.05. The van der Waals surface area contributed by atoms with Crippen molar-refractivity contribution in [1.29, 1.82) is 0 Å². The number of carbonyl (C=O) groups is 1. The number of hydrogen-bond acceptors (Lipinski definition) is 4. The highest BCUT2D eigenvalue weighted by molar-refractivity contribution is 5.84. The number of carboxylic acids is 1. The Hall–Kier alpha value is -1.91. The van der Waals surface area contributed by atoms with Gasteiger partial charge >= 0.3 is 5.97 Å². The van der Waals surface area contributed by atoms with Gasteiger partial charge in [-0.05, 0) is 19.1 Å². The maximum atomic E-state index is 11.0. The number of phenols is 1. The highest BCUT2D eigenvalue weighted by Crippen LogP contribution is 2.35. The average molecular weight is 209 g/mol. The van der Waals surface area contributed by atoms with Gasteiger partial charge < -0.3 is 20.3 Å². The largest absolute Gasteiger partial charge is 0.508 e. The van der Waals surface area contributed by atoms with E-state index in [1.807, 2.05) is 0 Å². The van der Waals surface area contributed by atoms with E-state index in [0.717, 1.165) is 0 Å². The van der Waals surface area contributed by atoms with Crippen molar-refractivity contribution in [3.05, 3.63) is 18.2 Å². The van der Waals surface area contributed by atoms with Crippen molar-refractivity contribution in [2.45, 2.75) is 12.5 Å². The molecule has 0 spiro atoms. The van der Waals surface area contributed by atoms with Crippen molar-refractivity contribution in [3.8, 4) is 11.5 Å². The normalized spacial score (nSPS) is 23.5. The first-order chi connectivity index (χ1) is 7.01. The van der Waals surface area contributed by atoms with E-state index in [9.17, 15) is 9.90 Å². The molecule has 0 radical (unpaired) electrons. The highest BCUT2D eigenvalue weighted by atomic mass is 16.5. The van der Waals surface area contributed by atoms with Gasteiger partial charge in [-0.1, -0.05) is 0 Å². The van der Waals surface area contributed by atoms with Gasteiger partial charge in [0.1, 0.15) is 18.1 Å². The molecule has 3 N–H and O–H groups in total. The monoisotopic (exact) mass is 209 g/mol. The van der Waals surface area contributed by atoms with Crippen LogP contribution >= 0.6 is 0 Å². The van der Waals surface area contributed by atoms with Crippen LogP contribution in [0.15, 0.2) is 18.2 Å². The molecule has 0 bridgehead atoms. The predicted molar refractivity (Wildman–Crippen MR) is 53.3 cm³/mol. The Bertz CT molecular complexity index is 418. The fourth-order valence-corrected chi connectivity index (χ4v) is 1.40. The summed E-state index contributed by atoms with van der Waals surface area (Å²) in [5.74, 6) is -0.413. The molecule has 0 saturated carbocycles. The van der Waals surface area contributed by atoms with Gasteiger partial charge in [0.2, 0.25) is 0 Å². The molecule has 15 heavy (non-hydrogen) atoms. The Morgan fingerprint density at radius 3 is 3.00 bits per heavy atom. The topological polar surface area (TPSA) is 78.8 Å². The maximum Gasteiger partial charge on any atom is 0.332 e. The molecule has 80 valence electrons. The molecule has 0 saturated heterocycles. The second-order valence-corrected chi connectivity index (χ2v) is 3.73. The Morgan fingerprint density at radius 2 is 2.33 bits per heavy atom. The fraction of sp³-hybridized carbons (Fsp3) is 0.300. The van der Waals surface area contributed by atoms with E-state index in [0.29, 0.717) is 11.4 Å². The van der Waals surface area contributed by atoms with Crippen molar-refractivity contribution >= 4 is 11.7 Å². The van der Waals surface area contributed by atoms with Crippen LogP contribution in [-0.2, 0) is 4.79 Å². The number of carboxylic acid groups (broad SMARTS) is 1. The SMILES string of the molecule is CC1(C(=O)O)COc2cc(O)ccc2N1. The molecule has 1 aliphatic rings. The summed E-state index contributed by atoms with van der Waals surface area (Å²) in [7, 11) is 0. The van der Waals surface area contributed by atoms with Crippen LogP contribution in [-0.4, -0.2) is 28.3 Å². The van der Waals surface area contributed by atoms with E-state index >= 15 is 0 Å². The van der Waals surface area contributed by atoms with Gasteiger partial charge in [-0.2, -0.15) is 0 Å². The first-order valence-electron chi connectivity index (χ1n) is 4.49. The molecular weight excluding hydrogens is 198 g/mol. The Morgan fingerprint density at radius 1 is 1.60 bits per heavy atom. The third kappa shape index (κ3) is 1.56. The lowest BCUT2D eigenvalue weighted by Gasteiger charge is -2.33. The second-order valence-electron chi connectivity index (χ2n) is 3.73. The molecule has 1 aliphatic heterocycles. The van der Waals surface area contributed by atoms with Gasteiger partial charge in [0.25, 0.3) is 0 Å². The molecule has 0 aromatic heterocycles. The van der Waals surface area contributed by atoms with Gasteiger partial charge in [-0.3, -0.25) is 0 Å². The number of aromatic hydroxyl groups is 1. The molecule has 5 heteroatoms. The molecule has 0 fully saturated rings. The third-order valence-electron chi connectivity index (χ3n) is 2.36. The summed E-state index contributed by atoms with van der Waals surface area (Å²) >= 11 is 0. The van der Waals surface area contributed by atoms with Crippen LogP contribution < -0.4 is 10.1 Å². The van der Waals surface area contributed by atoms with Crippen LogP contribution in [0.2, 0.25) is 0 Å². The number of rotatable bonds is 1. The number of hydrogen-bond donors (Lipinski definition) is 3. The highest BCUT2D eigenvalue weighted by Gasteiger charge is 2.38. The van der Waals surface area contributed by atoms with Gasteiger partial charge in [-0.15, -0.1) is 0 Å². The van der Waals surface area contributed by atoms with E-state index in [2.05, 4.69) is 5.32 Å². The van der Waals surface area contributed by atoms with Crippen molar-refractivity contribution in [2.75, 3.05) is 11.9 Å². The molecule has 1 aromatic rings. The molecule has 1 aromatic carbocycles. The van der Waals surface area contributed by atoms with Gasteiger partial charge in [0.15, 0.2) is 5.54 Å². The lowest BCUT2D eigenvalue weighted by molar-refractivity contribution is -0.143. The lowest BCUT2D eigenvalue weighted by atomic mass is 10.0. The Labute approximate surface area is 86.3 Å². The van der Waals surface area contributed by atoms with E-state index in [1.54, 1.807) is 13.0 Å². The molecule has 1 atom stereocenters. The molecule has 1 unspecified atom stereocenters. The fourth-order valence-electron chi connectivity index (χ4n) is 1.40. The molecule has 0 aliphatic carbocycles. The summed E-state index contributed by atoms with van der Waals surface area (Å²) in [6.07, 6.45) is 0. The summed E-state index contributed by atoms with van der Waals surface area (Å²) in [6, 6.07) is 4.51. The van der Waals surface area contributed by atoms with Crippen molar-refractivity contribution in [1.82, 2.24) is 0 Å². The smallest absolute Gasteiger partial charge is 0.332 e. The van der Waals surface area contributed by atoms with Crippen molar-refractivity contribution < 1.29 is 19.7 Å². The zero-order valence-corrected chi connectivity index (χ0v) is 8.15. The number of nitrogens with one attached hydrogen (secondary N) is 1. The van der Waals surface area contributed by atoms with Crippen LogP contribution in [0, 0.1) is 0 Å². The van der Waals surface area contributed by atoms with Crippen LogP contribution in [0.25, 0.3) is 0 Å². The molecular formula is C10H11NO4. The summed E-state index contributed by atoms with van der Waals surface area (Å²) < 4.78 is 5.28. The van der Waals surface area contributed by atoms with Gasteiger partial charge in [-0.25, -0.2) is 4.79 Å². The molecule has 5 nitrogen and oxygen atoms in total. The predicted octanol–water partition coefficient (Wildman–Crippen LogP) is 1.04. The van der Waals surface area contributed by atoms with E-state index in [4.69, 9.17) is 9.84 Å². The lowest BCUT2D eigenvalue weighted by Crippen LogP contribution is -2.50. The number of benzene rings is 1. The zero-order chi connectivity index (χ0) is 11.1. The van der Waals surface area contributed by atoms with E-state index in [1.165, 1.54) is 12.1 Å². The summed E-state index contributed by atoms with van der Waals surface area (Å²) in [5, 5.41) is 21.1. The van der Waals surface area contributed by atoms with Crippen LogP contribution in [0.4, 0.5) is 5.69 Å². The number of fused-ring (bicyclic) bond motifs is 1. The minimum Gasteiger partial charge on any atom is -0.508 e. The van der Waals surface area contributed by atoms with E-state index in [-0.39, 0.29) is 12.4 Å². The Balaban J connectivity index is 2.35. The number of phenolic OH excluding ortho intramolecular Hbond substituents is 1. The molecule has 2 rings (SSSR count). The Kier molecular flexibility index (Phi) is 1.96.